The molecule has 0 aliphatic heterocycles. The van der Waals surface area contributed by atoms with E-state index in [-0.39, 0.29) is 11.3 Å². The Hall–Kier alpha value is -2.38. The zero-order valence-electron chi connectivity index (χ0n) is 9.55. The van der Waals surface area contributed by atoms with Crippen LogP contribution in [0.15, 0.2) is 35.6 Å². The summed E-state index contributed by atoms with van der Waals surface area (Å²) in [6, 6.07) is 2.99. The Labute approximate surface area is 106 Å². The average Bonchev–Trinajstić information content (AvgIpc) is 2.33. The molecule has 0 saturated carbocycles. The first kappa shape index (κ1) is 14.7. The van der Waals surface area contributed by atoms with Crippen LogP contribution in [0.4, 0.5) is 13.2 Å². The molecule has 0 radical (unpaired) electrons. The number of nitrogens with two attached hydrogens (primary N) is 1. The number of carboxylic acid groups (broad SMARTS) is 1. The minimum Gasteiger partial charge on any atom is -0.480 e. The Morgan fingerprint density at radius 1 is 1.53 bits per heavy atom. The summed E-state index contributed by atoms with van der Waals surface area (Å²) >= 11 is 0. The quantitative estimate of drug-likeness (QED) is 0.813. The number of aliphatic carboxylic acids is 1. The van der Waals surface area contributed by atoms with Gasteiger partial charge in [-0.1, -0.05) is 0 Å². The van der Waals surface area contributed by atoms with Crippen molar-refractivity contribution in [1.82, 2.24) is 4.98 Å². The molecule has 1 aromatic rings. The van der Waals surface area contributed by atoms with E-state index in [1.807, 2.05) is 0 Å². The third kappa shape index (κ3) is 4.78. The molecule has 0 fully saturated rings. The fourth-order valence-electron chi connectivity index (χ4n) is 1.13. The lowest BCUT2D eigenvalue weighted by Crippen LogP contribution is -2.23. The highest BCUT2D eigenvalue weighted by atomic mass is 19.4. The number of rotatable bonds is 4. The van der Waals surface area contributed by atoms with Gasteiger partial charge in [-0.25, -0.2) is 0 Å². The smallest absolute Gasteiger partial charge is 0.432 e. The first-order valence-electron chi connectivity index (χ1n) is 5.01. The van der Waals surface area contributed by atoms with E-state index in [0.717, 1.165) is 0 Å². The molecule has 0 bridgehead atoms. The van der Waals surface area contributed by atoms with Gasteiger partial charge in [0.1, 0.15) is 12.3 Å². The van der Waals surface area contributed by atoms with Crippen LogP contribution in [0.2, 0.25) is 0 Å². The van der Waals surface area contributed by atoms with Gasteiger partial charge in [0.25, 0.3) is 0 Å². The molecule has 1 aromatic heterocycles. The van der Waals surface area contributed by atoms with Crippen LogP contribution in [0.5, 0.6) is 0 Å². The van der Waals surface area contributed by atoms with Gasteiger partial charge >= 0.3 is 12.1 Å². The standard InChI is InChI=1S/C11H10F3N3O2/c12-11(13,14)9(17-6-10(18)19)4-8(15)7-2-1-3-16-5-7/h1-5H,6,15H2,(H,18,19). The minimum atomic E-state index is -4.78. The van der Waals surface area contributed by atoms with Crippen LogP contribution >= 0.6 is 0 Å². The molecule has 0 saturated heterocycles. The maximum atomic E-state index is 12.6. The van der Waals surface area contributed by atoms with Gasteiger partial charge in [0.05, 0.1) is 0 Å². The Bertz CT molecular complexity index is 510. The van der Waals surface area contributed by atoms with Gasteiger partial charge in [-0.15, -0.1) is 0 Å². The molecule has 8 heteroatoms. The fourth-order valence-corrected chi connectivity index (χ4v) is 1.13. The van der Waals surface area contributed by atoms with Crippen LogP contribution in [0.1, 0.15) is 5.56 Å². The maximum absolute atomic E-state index is 12.6. The average molecular weight is 273 g/mol. The van der Waals surface area contributed by atoms with E-state index < -0.39 is 24.4 Å². The lowest BCUT2D eigenvalue weighted by Gasteiger charge is -2.08. The number of alkyl halides is 3. The number of nitrogens with zero attached hydrogens (tertiary/aromatic N) is 2. The summed E-state index contributed by atoms with van der Waals surface area (Å²) in [4.78, 5) is 16.9. The molecule has 5 nitrogen and oxygen atoms in total. The van der Waals surface area contributed by atoms with Crippen LogP contribution in [-0.4, -0.2) is 34.5 Å². The van der Waals surface area contributed by atoms with Crippen molar-refractivity contribution in [1.29, 1.82) is 0 Å². The Balaban J connectivity index is 3.07. The molecule has 102 valence electrons. The molecule has 3 N–H and O–H groups in total. The van der Waals surface area contributed by atoms with Gasteiger partial charge in [-0.05, 0) is 18.2 Å². The monoisotopic (exact) mass is 273 g/mol. The highest BCUT2D eigenvalue weighted by molar-refractivity contribution is 6.04. The molecule has 0 spiro atoms. The molecule has 0 atom stereocenters. The molecule has 0 amide bonds. The number of aromatic nitrogens is 1. The number of allylic oxidation sites excluding steroid dienone is 1. The van der Waals surface area contributed by atoms with E-state index in [9.17, 15) is 18.0 Å². The van der Waals surface area contributed by atoms with Gasteiger partial charge in [0.2, 0.25) is 0 Å². The van der Waals surface area contributed by atoms with Crippen LogP contribution in [0.3, 0.4) is 0 Å². The van der Waals surface area contributed by atoms with Crippen molar-refractivity contribution in [3.63, 3.8) is 0 Å². The summed E-state index contributed by atoms with van der Waals surface area (Å²) in [6.07, 6.45) is -1.46. The zero-order valence-corrected chi connectivity index (χ0v) is 9.55. The van der Waals surface area contributed by atoms with Crippen LogP contribution in [-0.2, 0) is 4.79 Å². The Kier molecular flexibility index (Phi) is 4.62. The molecule has 0 aliphatic carbocycles. The predicted molar refractivity (Wildman–Crippen MR) is 62.4 cm³/mol. The lowest BCUT2D eigenvalue weighted by atomic mass is 10.2. The van der Waals surface area contributed by atoms with Gasteiger partial charge in [0.15, 0.2) is 0 Å². The highest BCUT2D eigenvalue weighted by Gasteiger charge is 2.34. The first-order chi connectivity index (χ1) is 8.80. The number of aliphatic imine (C=N–C) groups is 1. The molecule has 1 rings (SSSR count). The summed E-state index contributed by atoms with van der Waals surface area (Å²) in [7, 11) is 0. The van der Waals surface area contributed by atoms with Crippen molar-refractivity contribution < 1.29 is 23.1 Å². The molecular weight excluding hydrogens is 263 g/mol. The van der Waals surface area contributed by atoms with Crippen molar-refractivity contribution in [3.05, 3.63) is 36.2 Å². The largest absolute Gasteiger partial charge is 0.480 e. The molecule has 0 aliphatic rings. The number of halogens is 3. The van der Waals surface area contributed by atoms with Crippen molar-refractivity contribution in [2.24, 2.45) is 10.7 Å². The number of carbonyl (C=O) groups is 1. The van der Waals surface area contributed by atoms with Crippen molar-refractivity contribution >= 4 is 17.4 Å². The third-order valence-electron chi connectivity index (χ3n) is 1.96. The van der Waals surface area contributed by atoms with Crippen LogP contribution < -0.4 is 5.73 Å². The van der Waals surface area contributed by atoms with Crippen molar-refractivity contribution in [2.45, 2.75) is 6.18 Å². The molecule has 0 aromatic carbocycles. The number of pyridine rings is 1. The summed E-state index contributed by atoms with van der Waals surface area (Å²) < 4.78 is 37.8. The summed E-state index contributed by atoms with van der Waals surface area (Å²) in [5.41, 5.74) is 4.23. The van der Waals surface area contributed by atoms with Crippen LogP contribution in [0.25, 0.3) is 5.70 Å². The van der Waals surface area contributed by atoms with E-state index in [0.29, 0.717) is 6.08 Å². The number of carboxylic acids is 1. The fraction of sp³-hybridized carbons (Fsp3) is 0.182. The number of hydrogen-bond acceptors (Lipinski definition) is 4. The molecule has 19 heavy (non-hydrogen) atoms. The lowest BCUT2D eigenvalue weighted by molar-refractivity contribution is -0.135. The van der Waals surface area contributed by atoms with Crippen molar-refractivity contribution in [3.8, 4) is 0 Å². The number of hydrogen-bond donors (Lipinski definition) is 2. The minimum absolute atomic E-state index is 0.199. The van der Waals surface area contributed by atoms with E-state index in [4.69, 9.17) is 10.8 Å². The normalized spacial score (nSPS) is 13.4. The van der Waals surface area contributed by atoms with E-state index >= 15 is 0 Å². The topological polar surface area (TPSA) is 88.6 Å². The summed E-state index contributed by atoms with van der Waals surface area (Å²) in [5, 5.41) is 8.34. The SMILES string of the molecule is NC(=CC(=NCC(=O)O)C(F)(F)F)c1cccnc1. The second-order valence-electron chi connectivity index (χ2n) is 3.43. The van der Waals surface area contributed by atoms with Gasteiger partial charge in [-0.2, -0.15) is 13.2 Å². The van der Waals surface area contributed by atoms with Gasteiger partial charge in [0, 0.05) is 23.7 Å². The Morgan fingerprint density at radius 2 is 2.21 bits per heavy atom. The van der Waals surface area contributed by atoms with Crippen molar-refractivity contribution in [2.75, 3.05) is 6.54 Å². The highest BCUT2D eigenvalue weighted by Crippen LogP contribution is 2.20. The van der Waals surface area contributed by atoms with Crippen LogP contribution in [0, 0.1) is 0 Å². The second-order valence-corrected chi connectivity index (χ2v) is 3.43. The Morgan fingerprint density at radius 3 is 2.68 bits per heavy atom. The van der Waals surface area contributed by atoms with Gasteiger partial charge < -0.3 is 10.8 Å². The maximum Gasteiger partial charge on any atom is 0.432 e. The molecule has 1 heterocycles. The predicted octanol–water partition coefficient (Wildman–Crippen LogP) is 1.47. The second kappa shape index (κ2) is 5.98. The summed E-state index contributed by atoms with van der Waals surface area (Å²) in [6.45, 7) is -0.980. The molecular formula is C11H10F3N3O2. The van der Waals surface area contributed by atoms with E-state index in [2.05, 4.69) is 9.98 Å². The van der Waals surface area contributed by atoms with E-state index in [1.165, 1.54) is 24.5 Å². The first-order valence-corrected chi connectivity index (χ1v) is 5.01. The zero-order chi connectivity index (χ0) is 14.5. The third-order valence-corrected chi connectivity index (χ3v) is 1.96. The molecule has 0 unspecified atom stereocenters. The van der Waals surface area contributed by atoms with E-state index in [1.54, 1.807) is 0 Å². The van der Waals surface area contributed by atoms with Gasteiger partial charge in [-0.3, -0.25) is 14.8 Å². The summed E-state index contributed by atoms with van der Waals surface area (Å²) in [5.74, 6) is -1.46.